The highest BCUT2D eigenvalue weighted by atomic mass is 14.8. The summed E-state index contributed by atoms with van der Waals surface area (Å²) in [5.41, 5.74) is 4.52. The highest BCUT2D eigenvalue weighted by Crippen LogP contribution is 2.19. The van der Waals surface area contributed by atoms with Crippen molar-refractivity contribution >= 4 is 28.7 Å². The number of benzene rings is 2. The molecule has 0 atom stereocenters. The van der Waals surface area contributed by atoms with Crippen LogP contribution in [-0.4, -0.2) is 12.0 Å². The number of hydrogen-bond donors (Lipinski definition) is 1. The van der Waals surface area contributed by atoms with E-state index >= 15 is 0 Å². The average Bonchev–Trinajstić information content (AvgIpc) is 2.53. The third-order valence-corrected chi connectivity index (χ3v) is 3.34. The Morgan fingerprint density at radius 1 is 0.900 bits per heavy atom. The highest BCUT2D eigenvalue weighted by molar-refractivity contribution is 5.90. The van der Waals surface area contributed by atoms with Crippen molar-refractivity contribution in [2.24, 2.45) is 0 Å². The van der Waals surface area contributed by atoms with Crippen LogP contribution >= 0.6 is 0 Å². The minimum absolute atomic E-state index is 1.03. The lowest BCUT2D eigenvalue weighted by Gasteiger charge is -2.02. The molecule has 98 valence electrons. The number of nitrogens with one attached hydrogen (secondary N) is 1. The van der Waals surface area contributed by atoms with Crippen LogP contribution in [-0.2, 0) is 0 Å². The first-order valence-electron chi connectivity index (χ1n) is 6.66. The van der Waals surface area contributed by atoms with Crippen molar-refractivity contribution < 1.29 is 0 Å². The van der Waals surface area contributed by atoms with Crippen molar-refractivity contribution in [2.75, 3.05) is 12.4 Å². The minimum Gasteiger partial charge on any atom is -0.388 e. The molecule has 0 saturated carbocycles. The van der Waals surface area contributed by atoms with E-state index in [4.69, 9.17) is 0 Å². The third kappa shape index (κ3) is 2.54. The number of pyridine rings is 1. The molecule has 2 nitrogen and oxygen atoms in total. The molecule has 0 spiro atoms. The third-order valence-electron chi connectivity index (χ3n) is 3.34. The van der Waals surface area contributed by atoms with E-state index in [2.05, 4.69) is 52.8 Å². The first kappa shape index (κ1) is 12.4. The van der Waals surface area contributed by atoms with Crippen molar-refractivity contribution in [3.8, 4) is 0 Å². The second kappa shape index (κ2) is 5.57. The van der Waals surface area contributed by atoms with Crippen LogP contribution < -0.4 is 5.32 Å². The van der Waals surface area contributed by atoms with Crippen LogP contribution in [0.15, 0.2) is 60.8 Å². The lowest BCUT2D eigenvalue weighted by molar-refractivity contribution is 1.41. The van der Waals surface area contributed by atoms with E-state index < -0.39 is 0 Å². The van der Waals surface area contributed by atoms with E-state index in [1.54, 1.807) is 0 Å². The van der Waals surface area contributed by atoms with Crippen LogP contribution in [0, 0.1) is 0 Å². The number of fused-ring (bicyclic) bond motifs is 1. The van der Waals surface area contributed by atoms with E-state index in [1.165, 1.54) is 16.5 Å². The van der Waals surface area contributed by atoms with Gasteiger partial charge in [-0.3, -0.25) is 4.98 Å². The Labute approximate surface area is 118 Å². The van der Waals surface area contributed by atoms with Gasteiger partial charge >= 0.3 is 0 Å². The molecule has 1 heterocycles. The fourth-order valence-electron chi connectivity index (χ4n) is 2.21. The molecular formula is C18H16N2. The topological polar surface area (TPSA) is 24.9 Å². The first-order valence-corrected chi connectivity index (χ1v) is 6.66. The molecule has 1 aromatic heterocycles. The van der Waals surface area contributed by atoms with E-state index in [-0.39, 0.29) is 0 Å². The molecule has 3 aromatic rings. The fraction of sp³-hybridized carbons (Fsp3) is 0.0556. The molecule has 1 N–H and O–H groups in total. The second-order valence-corrected chi connectivity index (χ2v) is 4.62. The number of para-hydroxylation sites is 1. The predicted molar refractivity (Wildman–Crippen MR) is 86.7 cm³/mol. The van der Waals surface area contributed by atoms with Gasteiger partial charge in [0.2, 0.25) is 0 Å². The molecule has 0 bridgehead atoms. The van der Waals surface area contributed by atoms with Gasteiger partial charge in [0.05, 0.1) is 5.52 Å². The zero-order valence-electron chi connectivity index (χ0n) is 11.4. The van der Waals surface area contributed by atoms with Crippen molar-refractivity contribution in [2.45, 2.75) is 0 Å². The van der Waals surface area contributed by atoms with Crippen LogP contribution in [0.5, 0.6) is 0 Å². The van der Waals surface area contributed by atoms with E-state index in [0.29, 0.717) is 0 Å². The molecule has 3 rings (SSSR count). The summed E-state index contributed by atoms with van der Waals surface area (Å²) in [7, 11) is 1.92. The molecule has 0 saturated heterocycles. The van der Waals surface area contributed by atoms with Gasteiger partial charge in [0, 0.05) is 24.3 Å². The molecule has 2 heteroatoms. The molecule has 0 fully saturated rings. The van der Waals surface area contributed by atoms with Crippen LogP contribution in [0.3, 0.4) is 0 Å². The largest absolute Gasteiger partial charge is 0.388 e. The molecule has 0 aliphatic rings. The summed E-state index contributed by atoms with van der Waals surface area (Å²) in [6.45, 7) is 0. The van der Waals surface area contributed by atoms with Gasteiger partial charge < -0.3 is 5.32 Å². The van der Waals surface area contributed by atoms with E-state index in [9.17, 15) is 0 Å². The zero-order chi connectivity index (χ0) is 13.8. The molecule has 0 radical (unpaired) electrons. The van der Waals surface area contributed by atoms with Crippen LogP contribution in [0.2, 0.25) is 0 Å². The summed E-state index contributed by atoms with van der Waals surface area (Å²) in [6.07, 6.45) is 6.12. The van der Waals surface area contributed by atoms with E-state index in [1.807, 2.05) is 37.5 Å². The summed E-state index contributed by atoms with van der Waals surface area (Å²) < 4.78 is 0. The number of hydrogen-bond acceptors (Lipinski definition) is 2. The minimum atomic E-state index is 1.03. The maximum atomic E-state index is 4.38. The maximum absolute atomic E-state index is 4.38. The van der Waals surface area contributed by atoms with Gasteiger partial charge in [-0.1, -0.05) is 42.5 Å². The molecule has 0 aliphatic heterocycles. The number of rotatable bonds is 3. The second-order valence-electron chi connectivity index (χ2n) is 4.62. The Morgan fingerprint density at radius 3 is 2.50 bits per heavy atom. The number of aromatic nitrogens is 1. The molecule has 0 amide bonds. The number of anilines is 1. The molecule has 0 unspecified atom stereocenters. The maximum Gasteiger partial charge on any atom is 0.0707 e. The van der Waals surface area contributed by atoms with Crippen LogP contribution in [0.4, 0.5) is 5.69 Å². The van der Waals surface area contributed by atoms with Crippen LogP contribution in [0.1, 0.15) is 11.1 Å². The Morgan fingerprint density at radius 2 is 1.70 bits per heavy atom. The van der Waals surface area contributed by atoms with Crippen molar-refractivity contribution in [1.82, 2.24) is 4.98 Å². The summed E-state index contributed by atoms with van der Waals surface area (Å²) in [4.78, 5) is 4.38. The van der Waals surface area contributed by atoms with Gasteiger partial charge in [0.25, 0.3) is 0 Å². The van der Waals surface area contributed by atoms with Gasteiger partial charge in [0.15, 0.2) is 0 Å². The monoisotopic (exact) mass is 260 g/mol. The summed E-state index contributed by atoms with van der Waals surface area (Å²) in [5.74, 6) is 0. The normalized spacial score (nSPS) is 11.1. The molecule has 0 aliphatic carbocycles. The fourth-order valence-corrected chi connectivity index (χ4v) is 2.21. The van der Waals surface area contributed by atoms with Gasteiger partial charge in [-0.25, -0.2) is 0 Å². The Hall–Kier alpha value is -2.61. The van der Waals surface area contributed by atoms with Crippen molar-refractivity contribution in [3.63, 3.8) is 0 Å². The van der Waals surface area contributed by atoms with Crippen molar-refractivity contribution in [1.29, 1.82) is 0 Å². The quantitative estimate of drug-likeness (QED) is 0.752. The van der Waals surface area contributed by atoms with E-state index in [0.717, 1.165) is 11.2 Å². The molecular weight excluding hydrogens is 244 g/mol. The van der Waals surface area contributed by atoms with Crippen molar-refractivity contribution in [3.05, 3.63) is 71.9 Å². The Balaban J connectivity index is 1.93. The first-order chi connectivity index (χ1) is 9.86. The zero-order valence-corrected chi connectivity index (χ0v) is 11.4. The standard InChI is InChI=1S/C18H16N2/c1-19-16-10-7-14(8-11-16)6-9-15-12-13-20-18-5-3-2-4-17(15)18/h2-13,19H,1H3. The highest BCUT2D eigenvalue weighted by Gasteiger charge is 1.97. The van der Waals surface area contributed by atoms with Gasteiger partial charge in [-0.15, -0.1) is 0 Å². The summed E-state index contributed by atoms with van der Waals surface area (Å²) >= 11 is 0. The predicted octanol–water partition coefficient (Wildman–Crippen LogP) is 4.45. The molecule has 20 heavy (non-hydrogen) atoms. The lowest BCUT2D eigenvalue weighted by atomic mass is 10.1. The van der Waals surface area contributed by atoms with Crippen LogP contribution in [0.25, 0.3) is 23.1 Å². The average molecular weight is 260 g/mol. The smallest absolute Gasteiger partial charge is 0.0707 e. The summed E-state index contributed by atoms with van der Waals surface area (Å²) in [6, 6.07) is 18.6. The SMILES string of the molecule is CNc1ccc(C=Cc2ccnc3ccccc23)cc1. The summed E-state index contributed by atoms with van der Waals surface area (Å²) in [5, 5.41) is 4.30. The Bertz CT molecular complexity index is 737. The van der Waals surface area contributed by atoms with Gasteiger partial charge in [-0.05, 0) is 35.4 Å². The lowest BCUT2D eigenvalue weighted by Crippen LogP contribution is -1.86. The van der Waals surface area contributed by atoms with Gasteiger partial charge in [-0.2, -0.15) is 0 Å². The number of nitrogens with zero attached hydrogens (tertiary/aromatic N) is 1. The Kier molecular flexibility index (Phi) is 3.46. The molecule has 2 aromatic carbocycles. The van der Waals surface area contributed by atoms with Gasteiger partial charge in [0.1, 0.15) is 0 Å².